The fraction of sp³-hybridized carbons (Fsp3) is 0.538. The van der Waals surface area contributed by atoms with Gasteiger partial charge in [0.2, 0.25) is 0 Å². The molecule has 3 aromatic rings. The van der Waals surface area contributed by atoms with Crippen molar-refractivity contribution >= 4 is 16.8 Å². The van der Waals surface area contributed by atoms with Gasteiger partial charge in [-0.25, -0.2) is 0 Å². The lowest BCUT2D eigenvalue weighted by Gasteiger charge is -2.63. The summed E-state index contributed by atoms with van der Waals surface area (Å²) in [5, 5.41) is 0. The Balaban J connectivity index is 1.57. The molecule has 150 valence electrons. The first-order valence-corrected chi connectivity index (χ1v) is 11.5. The molecule has 0 N–H and O–H groups in total. The van der Waals surface area contributed by atoms with Gasteiger partial charge in [0.05, 0.1) is 23.4 Å². The Morgan fingerprint density at radius 2 is 1.66 bits per heavy atom. The highest BCUT2D eigenvalue weighted by atomic mass is 16.3. The largest absolute Gasteiger partial charge is 0.462 e. The maximum Gasteiger partial charge on any atom is 0.157 e. The summed E-state index contributed by atoms with van der Waals surface area (Å²) in [6.45, 7) is 4.72. The van der Waals surface area contributed by atoms with Gasteiger partial charge in [-0.2, -0.15) is 0 Å². The molecule has 0 amide bonds. The molecule has 0 radical (unpaired) electrons. The van der Waals surface area contributed by atoms with Crippen LogP contribution in [-0.2, 0) is 12.6 Å². The molecular formula is C26H30N2O. The van der Waals surface area contributed by atoms with Gasteiger partial charge < -0.3 is 13.9 Å². The number of rotatable bonds is 1. The SMILES string of the molecule is Cc1ccccc1N1C(C)c2c(c3occc3n2C)C12C1CC3CC(C1)CC2C3. The Labute approximate surface area is 172 Å². The summed E-state index contributed by atoms with van der Waals surface area (Å²) in [7, 11) is 2.25. The van der Waals surface area contributed by atoms with Crippen molar-refractivity contribution in [3.05, 3.63) is 53.4 Å². The van der Waals surface area contributed by atoms with Crippen molar-refractivity contribution in [3.8, 4) is 0 Å². The van der Waals surface area contributed by atoms with E-state index >= 15 is 0 Å². The molecule has 3 heterocycles. The molecule has 4 fully saturated rings. The van der Waals surface area contributed by atoms with E-state index in [0.717, 1.165) is 29.3 Å². The second-order valence-electron chi connectivity index (χ2n) is 10.4. The van der Waals surface area contributed by atoms with Gasteiger partial charge in [0, 0.05) is 30.1 Å². The van der Waals surface area contributed by atoms with Crippen LogP contribution in [0.1, 0.15) is 61.9 Å². The highest BCUT2D eigenvalue weighted by Gasteiger charge is 2.66. The minimum atomic E-state index is 0.103. The van der Waals surface area contributed by atoms with E-state index < -0.39 is 0 Å². The molecule has 3 nitrogen and oxygen atoms in total. The van der Waals surface area contributed by atoms with Crippen LogP contribution in [0.2, 0.25) is 0 Å². The van der Waals surface area contributed by atoms with Gasteiger partial charge in [-0.3, -0.25) is 0 Å². The fourth-order valence-corrected chi connectivity index (χ4v) is 8.55. The number of benzene rings is 1. The molecule has 1 atom stereocenters. The van der Waals surface area contributed by atoms with Crippen molar-refractivity contribution in [1.29, 1.82) is 0 Å². The Kier molecular flexibility index (Phi) is 3.04. The van der Waals surface area contributed by atoms with Crippen LogP contribution >= 0.6 is 0 Å². The number of hydrogen-bond acceptors (Lipinski definition) is 2. The standard InChI is InChI=1S/C26H30N2O/c1-15-6-4-5-7-21(15)28-16(2)24-23(25-22(27(24)3)8-9-29-25)26(28)19-11-17-10-18(13-19)14-20(26)12-17/h4-9,16-20H,10-14H2,1-3H3. The summed E-state index contributed by atoms with van der Waals surface area (Å²) in [5.41, 5.74) is 8.42. The molecule has 2 aromatic heterocycles. The van der Waals surface area contributed by atoms with Crippen molar-refractivity contribution in [1.82, 2.24) is 4.57 Å². The van der Waals surface area contributed by atoms with E-state index in [1.165, 1.54) is 54.6 Å². The Morgan fingerprint density at radius 3 is 2.34 bits per heavy atom. The first-order valence-electron chi connectivity index (χ1n) is 11.5. The third kappa shape index (κ3) is 1.78. The summed E-state index contributed by atoms with van der Waals surface area (Å²) in [6, 6.07) is 11.6. The number of fused-ring (bicyclic) bond motifs is 3. The van der Waals surface area contributed by atoms with Gasteiger partial charge >= 0.3 is 0 Å². The zero-order valence-corrected chi connectivity index (χ0v) is 17.7. The second-order valence-corrected chi connectivity index (χ2v) is 10.4. The molecule has 8 rings (SSSR count). The highest BCUT2D eigenvalue weighted by molar-refractivity contribution is 5.85. The zero-order chi connectivity index (χ0) is 19.5. The molecule has 4 bridgehead atoms. The van der Waals surface area contributed by atoms with Crippen LogP contribution in [0.5, 0.6) is 0 Å². The third-order valence-corrected chi connectivity index (χ3v) is 9.19. The number of aromatic nitrogens is 1. The molecule has 1 unspecified atom stereocenters. The van der Waals surface area contributed by atoms with Gasteiger partial charge in [-0.05, 0) is 81.3 Å². The Morgan fingerprint density at radius 1 is 0.966 bits per heavy atom. The van der Waals surface area contributed by atoms with Crippen molar-refractivity contribution in [2.75, 3.05) is 4.90 Å². The van der Waals surface area contributed by atoms with Crippen LogP contribution < -0.4 is 4.90 Å². The minimum absolute atomic E-state index is 0.103. The monoisotopic (exact) mass is 386 g/mol. The number of nitrogens with zero attached hydrogens (tertiary/aromatic N) is 2. The maximum absolute atomic E-state index is 6.23. The van der Waals surface area contributed by atoms with Gasteiger partial charge in [-0.15, -0.1) is 0 Å². The molecule has 1 spiro atoms. The van der Waals surface area contributed by atoms with Crippen LogP contribution in [-0.4, -0.2) is 4.57 Å². The van der Waals surface area contributed by atoms with Crippen LogP contribution in [0.15, 0.2) is 41.0 Å². The van der Waals surface area contributed by atoms with Crippen molar-refractivity contribution < 1.29 is 4.42 Å². The lowest BCUT2D eigenvalue weighted by atomic mass is 9.47. The molecule has 1 aromatic carbocycles. The average molecular weight is 387 g/mol. The number of hydrogen-bond donors (Lipinski definition) is 0. The van der Waals surface area contributed by atoms with E-state index in [1.54, 1.807) is 5.56 Å². The molecule has 4 aliphatic carbocycles. The summed E-state index contributed by atoms with van der Waals surface area (Å²) < 4.78 is 8.66. The number of aryl methyl sites for hydroxylation is 2. The quantitative estimate of drug-likeness (QED) is 0.488. The van der Waals surface area contributed by atoms with E-state index in [-0.39, 0.29) is 5.54 Å². The second kappa shape index (κ2) is 5.30. The predicted molar refractivity (Wildman–Crippen MR) is 116 cm³/mol. The van der Waals surface area contributed by atoms with Gasteiger partial charge in [0.1, 0.15) is 0 Å². The summed E-state index contributed by atoms with van der Waals surface area (Å²) in [6.07, 6.45) is 8.99. The summed E-state index contributed by atoms with van der Waals surface area (Å²) in [5.74, 6) is 3.41. The third-order valence-electron chi connectivity index (χ3n) is 9.19. The normalized spacial score (nSPS) is 37.2. The molecular weight excluding hydrogens is 356 g/mol. The first-order chi connectivity index (χ1) is 14.1. The van der Waals surface area contributed by atoms with E-state index in [2.05, 4.69) is 60.7 Å². The smallest absolute Gasteiger partial charge is 0.157 e. The predicted octanol–water partition coefficient (Wildman–Crippen LogP) is 6.31. The first kappa shape index (κ1) is 16.6. The van der Waals surface area contributed by atoms with E-state index in [1.807, 2.05) is 6.26 Å². The van der Waals surface area contributed by atoms with E-state index in [9.17, 15) is 0 Å². The van der Waals surface area contributed by atoms with Gasteiger partial charge in [0.25, 0.3) is 0 Å². The maximum atomic E-state index is 6.23. The fourth-order valence-electron chi connectivity index (χ4n) is 8.55. The van der Waals surface area contributed by atoms with Gasteiger partial charge in [0.15, 0.2) is 5.58 Å². The summed E-state index contributed by atoms with van der Waals surface area (Å²) >= 11 is 0. The van der Waals surface area contributed by atoms with Crippen LogP contribution in [0.4, 0.5) is 5.69 Å². The summed E-state index contributed by atoms with van der Waals surface area (Å²) in [4.78, 5) is 2.86. The van der Waals surface area contributed by atoms with Gasteiger partial charge in [-0.1, -0.05) is 18.2 Å². The zero-order valence-electron chi connectivity index (χ0n) is 17.7. The highest BCUT2D eigenvalue weighted by Crippen LogP contribution is 2.70. The Hall–Kier alpha value is -2.16. The van der Waals surface area contributed by atoms with Crippen LogP contribution in [0.25, 0.3) is 11.1 Å². The molecule has 1 aliphatic heterocycles. The van der Waals surface area contributed by atoms with E-state index in [4.69, 9.17) is 4.42 Å². The van der Waals surface area contributed by atoms with E-state index in [0.29, 0.717) is 6.04 Å². The van der Waals surface area contributed by atoms with Crippen LogP contribution in [0, 0.1) is 30.6 Å². The number of furan rings is 1. The molecule has 5 aliphatic rings. The topological polar surface area (TPSA) is 21.3 Å². The molecule has 3 heteroatoms. The number of anilines is 1. The molecule has 0 saturated heterocycles. The van der Waals surface area contributed by atoms with Crippen molar-refractivity contribution in [2.24, 2.45) is 30.7 Å². The van der Waals surface area contributed by atoms with Crippen LogP contribution in [0.3, 0.4) is 0 Å². The average Bonchev–Trinajstić information content (AvgIpc) is 3.34. The minimum Gasteiger partial charge on any atom is -0.462 e. The lowest BCUT2D eigenvalue weighted by molar-refractivity contribution is -0.0599. The molecule has 29 heavy (non-hydrogen) atoms. The van der Waals surface area contributed by atoms with Crippen molar-refractivity contribution in [3.63, 3.8) is 0 Å². The number of para-hydroxylation sites is 1. The lowest BCUT2D eigenvalue weighted by Crippen LogP contribution is -2.62. The molecule has 4 saturated carbocycles. The Bertz CT molecular complexity index is 1110. The van der Waals surface area contributed by atoms with Crippen molar-refractivity contribution in [2.45, 2.75) is 57.5 Å².